The van der Waals surface area contributed by atoms with E-state index in [1.54, 1.807) is 24.3 Å². The van der Waals surface area contributed by atoms with Crippen molar-refractivity contribution in [1.82, 2.24) is 5.43 Å². The average Bonchev–Trinajstić information content (AvgIpc) is 3.31. The molecule has 0 spiro atoms. The Labute approximate surface area is 189 Å². The number of ether oxygens (including phenoxy) is 4. The molecule has 9 heteroatoms. The molecular formula is C23H22N2O6S. The van der Waals surface area contributed by atoms with Gasteiger partial charge in [-0.15, -0.1) is 11.3 Å². The van der Waals surface area contributed by atoms with Gasteiger partial charge in [0.15, 0.2) is 11.5 Å². The third-order valence-electron chi connectivity index (χ3n) is 4.29. The van der Waals surface area contributed by atoms with Crippen molar-refractivity contribution in [2.45, 2.75) is 6.42 Å². The second-order valence-electron chi connectivity index (χ2n) is 6.43. The molecule has 0 unspecified atom stereocenters. The lowest BCUT2D eigenvalue weighted by Gasteiger charge is -2.13. The fourth-order valence-electron chi connectivity index (χ4n) is 2.81. The number of rotatable bonds is 9. The van der Waals surface area contributed by atoms with E-state index < -0.39 is 5.97 Å². The molecule has 0 aliphatic rings. The third-order valence-corrected chi connectivity index (χ3v) is 5.16. The number of benzene rings is 2. The Morgan fingerprint density at radius 2 is 1.75 bits per heavy atom. The van der Waals surface area contributed by atoms with Crippen molar-refractivity contribution < 1.29 is 28.5 Å². The number of hydrogen-bond acceptors (Lipinski definition) is 8. The van der Waals surface area contributed by atoms with Crippen LogP contribution in [-0.4, -0.2) is 39.4 Å². The molecule has 3 rings (SSSR count). The van der Waals surface area contributed by atoms with Gasteiger partial charge in [0.1, 0.15) is 5.75 Å². The zero-order chi connectivity index (χ0) is 22.9. The van der Waals surface area contributed by atoms with Crippen LogP contribution in [0.2, 0.25) is 0 Å². The number of nitrogens with zero attached hydrogens (tertiary/aromatic N) is 1. The highest BCUT2D eigenvalue weighted by atomic mass is 32.1. The zero-order valence-electron chi connectivity index (χ0n) is 17.8. The van der Waals surface area contributed by atoms with E-state index in [1.807, 2.05) is 17.5 Å². The van der Waals surface area contributed by atoms with Gasteiger partial charge >= 0.3 is 5.97 Å². The van der Waals surface area contributed by atoms with E-state index in [4.69, 9.17) is 18.9 Å². The molecule has 0 saturated heterocycles. The summed E-state index contributed by atoms with van der Waals surface area (Å²) in [4.78, 5) is 25.5. The van der Waals surface area contributed by atoms with Gasteiger partial charge in [0.25, 0.3) is 0 Å². The SMILES string of the molecule is COc1cc(C(=O)Oc2cccc(C=NNC(=O)Cc3cccs3)c2)cc(OC)c1OC. The molecule has 0 saturated carbocycles. The summed E-state index contributed by atoms with van der Waals surface area (Å²) in [6, 6.07) is 13.6. The van der Waals surface area contributed by atoms with Crippen LogP contribution < -0.4 is 24.4 Å². The molecule has 0 bridgehead atoms. The first-order valence-electron chi connectivity index (χ1n) is 9.50. The predicted molar refractivity (Wildman–Crippen MR) is 121 cm³/mol. The van der Waals surface area contributed by atoms with Gasteiger partial charge in [-0.2, -0.15) is 5.10 Å². The van der Waals surface area contributed by atoms with Gasteiger partial charge in [0, 0.05) is 4.88 Å². The van der Waals surface area contributed by atoms with Crippen LogP contribution in [0.4, 0.5) is 0 Å². The summed E-state index contributed by atoms with van der Waals surface area (Å²) in [6.45, 7) is 0. The maximum atomic E-state index is 12.7. The van der Waals surface area contributed by atoms with E-state index >= 15 is 0 Å². The fourth-order valence-corrected chi connectivity index (χ4v) is 3.52. The highest BCUT2D eigenvalue weighted by Gasteiger charge is 2.18. The number of thiophene rings is 1. The third kappa shape index (κ3) is 5.86. The minimum absolute atomic E-state index is 0.214. The van der Waals surface area contributed by atoms with Gasteiger partial charge in [0.05, 0.1) is 39.5 Å². The van der Waals surface area contributed by atoms with Crippen LogP contribution in [0.15, 0.2) is 59.0 Å². The van der Waals surface area contributed by atoms with Crippen molar-refractivity contribution in [3.63, 3.8) is 0 Å². The van der Waals surface area contributed by atoms with E-state index in [2.05, 4.69) is 10.5 Å². The number of hydrazone groups is 1. The Morgan fingerprint density at radius 1 is 1.00 bits per heavy atom. The first kappa shape index (κ1) is 22.8. The summed E-state index contributed by atoms with van der Waals surface area (Å²) >= 11 is 1.51. The molecule has 166 valence electrons. The van der Waals surface area contributed by atoms with Crippen molar-refractivity contribution in [3.05, 3.63) is 69.9 Å². The summed E-state index contributed by atoms with van der Waals surface area (Å²) < 4.78 is 21.3. The Kier molecular flexibility index (Phi) is 7.82. The molecule has 0 fully saturated rings. The molecule has 3 aromatic rings. The summed E-state index contributed by atoms with van der Waals surface area (Å²) in [5.74, 6) is 0.579. The quantitative estimate of drug-likeness (QED) is 0.229. The molecule has 2 aromatic carbocycles. The van der Waals surface area contributed by atoms with Crippen molar-refractivity contribution in [1.29, 1.82) is 0 Å². The number of methoxy groups -OCH3 is 3. The van der Waals surface area contributed by atoms with Crippen molar-refractivity contribution in [3.8, 4) is 23.0 Å². The van der Waals surface area contributed by atoms with Gasteiger partial charge in [-0.3, -0.25) is 4.79 Å². The Morgan fingerprint density at radius 3 is 2.38 bits per heavy atom. The first-order chi connectivity index (χ1) is 15.5. The fraction of sp³-hybridized carbons (Fsp3) is 0.174. The number of esters is 1. The smallest absolute Gasteiger partial charge is 0.343 e. The highest BCUT2D eigenvalue weighted by molar-refractivity contribution is 7.10. The van der Waals surface area contributed by atoms with Crippen LogP contribution in [0, 0.1) is 0 Å². The van der Waals surface area contributed by atoms with Crippen LogP contribution in [0.25, 0.3) is 0 Å². The van der Waals surface area contributed by atoms with Crippen LogP contribution in [0.5, 0.6) is 23.0 Å². The monoisotopic (exact) mass is 454 g/mol. The molecule has 1 N–H and O–H groups in total. The van der Waals surface area contributed by atoms with Crippen molar-refractivity contribution in [2.24, 2.45) is 5.10 Å². The normalized spacial score (nSPS) is 10.6. The molecular weight excluding hydrogens is 432 g/mol. The van der Waals surface area contributed by atoms with Crippen LogP contribution in [0.1, 0.15) is 20.8 Å². The average molecular weight is 455 g/mol. The minimum atomic E-state index is -0.595. The summed E-state index contributed by atoms with van der Waals surface area (Å²) in [5.41, 5.74) is 3.37. The summed E-state index contributed by atoms with van der Waals surface area (Å²) in [6.07, 6.45) is 1.74. The van der Waals surface area contributed by atoms with E-state index in [1.165, 1.54) is 51.0 Å². The number of amides is 1. The van der Waals surface area contributed by atoms with Crippen molar-refractivity contribution in [2.75, 3.05) is 21.3 Å². The second kappa shape index (κ2) is 11.0. The lowest BCUT2D eigenvalue weighted by atomic mass is 10.1. The zero-order valence-corrected chi connectivity index (χ0v) is 18.6. The van der Waals surface area contributed by atoms with E-state index in [0.717, 1.165) is 4.88 Å². The molecule has 8 nitrogen and oxygen atoms in total. The van der Waals surface area contributed by atoms with E-state index in [9.17, 15) is 9.59 Å². The van der Waals surface area contributed by atoms with Crippen LogP contribution >= 0.6 is 11.3 Å². The van der Waals surface area contributed by atoms with Crippen LogP contribution in [0.3, 0.4) is 0 Å². The van der Waals surface area contributed by atoms with Gasteiger partial charge in [-0.1, -0.05) is 18.2 Å². The van der Waals surface area contributed by atoms with Gasteiger partial charge in [-0.05, 0) is 41.3 Å². The molecule has 0 aliphatic heterocycles. The number of nitrogens with one attached hydrogen (secondary N) is 1. The molecule has 0 atom stereocenters. The Bertz CT molecular complexity index is 1090. The topological polar surface area (TPSA) is 95.5 Å². The predicted octanol–water partition coefficient (Wildman–Crippen LogP) is 3.69. The highest BCUT2D eigenvalue weighted by Crippen LogP contribution is 2.38. The maximum absolute atomic E-state index is 12.7. The summed E-state index contributed by atoms with van der Waals surface area (Å²) in [7, 11) is 4.42. The lowest BCUT2D eigenvalue weighted by molar-refractivity contribution is -0.120. The standard InChI is InChI=1S/C23H22N2O6S/c1-28-19-11-16(12-20(29-2)22(19)30-3)23(27)31-17-7-4-6-15(10-17)14-24-25-21(26)13-18-8-5-9-32-18/h4-12,14H,13H2,1-3H3,(H,25,26). The molecule has 0 aliphatic carbocycles. The number of carbonyl (C=O) groups excluding carboxylic acids is 2. The second-order valence-corrected chi connectivity index (χ2v) is 7.46. The van der Waals surface area contributed by atoms with Gasteiger partial charge < -0.3 is 18.9 Å². The first-order valence-corrected chi connectivity index (χ1v) is 10.4. The van der Waals surface area contributed by atoms with Crippen LogP contribution in [-0.2, 0) is 11.2 Å². The Balaban J connectivity index is 1.66. The van der Waals surface area contributed by atoms with E-state index in [0.29, 0.717) is 28.6 Å². The molecule has 1 heterocycles. The van der Waals surface area contributed by atoms with Crippen molar-refractivity contribution >= 4 is 29.4 Å². The van der Waals surface area contributed by atoms with E-state index in [-0.39, 0.29) is 17.9 Å². The lowest BCUT2D eigenvalue weighted by Crippen LogP contribution is -2.19. The van der Waals surface area contributed by atoms with Gasteiger partial charge in [-0.25, -0.2) is 10.2 Å². The van der Waals surface area contributed by atoms with Gasteiger partial charge in [0.2, 0.25) is 11.7 Å². The number of hydrogen-bond donors (Lipinski definition) is 1. The number of carbonyl (C=O) groups is 2. The minimum Gasteiger partial charge on any atom is -0.493 e. The largest absolute Gasteiger partial charge is 0.493 e. The Hall–Kier alpha value is -3.85. The molecule has 32 heavy (non-hydrogen) atoms. The molecule has 0 radical (unpaired) electrons. The maximum Gasteiger partial charge on any atom is 0.343 e. The molecule has 1 amide bonds. The molecule has 1 aromatic heterocycles. The summed E-state index contributed by atoms with van der Waals surface area (Å²) in [5, 5.41) is 5.87.